The summed E-state index contributed by atoms with van der Waals surface area (Å²) in [7, 11) is 0. The molecule has 0 spiro atoms. The van der Waals surface area contributed by atoms with E-state index in [4.69, 9.17) is 11.0 Å². The first-order valence-electron chi connectivity index (χ1n) is 11.6. The van der Waals surface area contributed by atoms with E-state index in [1.165, 1.54) is 11.1 Å². The number of hydrogen-bond acceptors (Lipinski definition) is 6. The number of fused-ring (bicyclic) bond motifs is 4. The number of carbonyl (C=O) groups excluding carboxylic acids is 2. The zero-order chi connectivity index (χ0) is 22.1. The Morgan fingerprint density at radius 1 is 1.22 bits per heavy atom. The molecule has 1 saturated carbocycles. The summed E-state index contributed by atoms with van der Waals surface area (Å²) in [6, 6.07) is 9.34. The Balaban J connectivity index is 1.13. The van der Waals surface area contributed by atoms with Crippen molar-refractivity contribution in [3.63, 3.8) is 0 Å². The van der Waals surface area contributed by atoms with E-state index in [2.05, 4.69) is 17.0 Å². The number of nitriles is 2. The van der Waals surface area contributed by atoms with E-state index in [1.807, 2.05) is 23.1 Å². The first-order valence-corrected chi connectivity index (χ1v) is 11.6. The van der Waals surface area contributed by atoms with Crippen LogP contribution in [0, 0.1) is 28.6 Å². The molecule has 2 bridgehead atoms. The molecule has 0 aromatic heterocycles. The molecule has 0 radical (unpaired) electrons. The quantitative estimate of drug-likeness (QED) is 0.750. The Labute approximate surface area is 187 Å². The van der Waals surface area contributed by atoms with Gasteiger partial charge < -0.3 is 15.5 Å². The number of likely N-dealkylation sites (tertiary alicyclic amines) is 3. The monoisotopic (exact) mass is 430 g/mol. The molecule has 164 valence electrons. The summed E-state index contributed by atoms with van der Waals surface area (Å²) in [5, 5.41) is 18.5. The maximum absolute atomic E-state index is 13.3. The van der Waals surface area contributed by atoms with Gasteiger partial charge in [-0.3, -0.25) is 14.5 Å². The van der Waals surface area contributed by atoms with Crippen LogP contribution in [-0.2, 0) is 16.0 Å². The fourth-order valence-electron chi connectivity index (χ4n) is 6.66. The molecule has 2 N–H and O–H groups in total. The lowest BCUT2D eigenvalue weighted by atomic mass is 10.0. The van der Waals surface area contributed by atoms with Crippen molar-refractivity contribution in [2.45, 2.75) is 68.4 Å². The van der Waals surface area contributed by atoms with Crippen LogP contribution in [0.2, 0.25) is 0 Å². The molecule has 3 unspecified atom stereocenters. The van der Waals surface area contributed by atoms with Gasteiger partial charge in [-0.2, -0.15) is 10.5 Å². The second-order valence-corrected chi connectivity index (χ2v) is 9.98. The Hall–Kier alpha value is -2.94. The Morgan fingerprint density at radius 3 is 2.81 bits per heavy atom. The van der Waals surface area contributed by atoms with E-state index in [1.54, 1.807) is 4.90 Å². The van der Waals surface area contributed by atoms with E-state index in [9.17, 15) is 14.9 Å². The van der Waals surface area contributed by atoms with Gasteiger partial charge in [0, 0.05) is 25.2 Å². The predicted octanol–water partition coefficient (Wildman–Crippen LogP) is 0.671. The van der Waals surface area contributed by atoms with E-state index < -0.39 is 6.04 Å². The van der Waals surface area contributed by atoms with E-state index in [0.717, 1.165) is 38.6 Å². The van der Waals surface area contributed by atoms with Gasteiger partial charge >= 0.3 is 0 Å². The van der Waals surface area contributed by atoms with Crippen LogP contribution in [0.3, 0.4) is 0 Å². The third kappa shape index (κ3) is 2.80. The third-order valence-corrected chi connectivity index (χ3v) is 8.22. The molecule has 4 fully saturated rings. The van der Waals surface area contributed by atoms with Crippen molar-refractivity contribution in [3.8, 4) is 12.1 Å². The SMILES string of the molecule is N#Cc1ccc2c(c1)CCC2N1C(=O)[C@@H]2C[C@H]1CN2CC(N)C(=O)N1C(C#N)C[C@@H]2C[C@@H]21. The maximum atomic E-state index is 13.3. The minimum atomic E-state index is -0.706. The van der Waals surface area contributed by atoms with Crippen LogP contribution in [0.1, 0.15) is 48.4 Å². The van der Waals surface area contributed by atoms with Crippen LogP contribution in [-0.4, -0.2) is 69.8 Å². The highest BCUT2D eigenvalue weighted by Crippen LogP contribution is 2.48. The largest absolute Gasteiger partial charge is 0.330 e. The van der Waals surface area contributed by atoms with Gasteiger partial charge in [-0.25, -0.2) is 0 Å². The molecule has 5 aliphatic rings. The van der Waals surface area contributed by atoms with Gasteiger partial charge in [-0.15, -0.1) is 0 Å². The number of rotatable bonds is 4. The number of benzene rings is 1. The number of piperidine rings is 1. The minimum Gasteiger partial charge on any atom is -0.330 e. The maximum Gasteiger partial charge on any atom is 0.242 e. The number of hydrogen-bond donors (Lipinski definition) is 1. The Kier molecular flexibility index (Phi) is 4.33. The lowest BCUT2D eigenvalue weighted by molar-refractivity contribution is -0.141. The van der Waals surface area contributed by atoms with Crippen molar-refractivity contribution in [3.05, 3.63) is 34.9 Å². The zero-order valence-electron chi connectivity index (χ0n) is 17.9. The van der Waals surface area contributed by atoms with Crippen molar-refractivity contribution in [2.75, 3.05) is 13.1 Å². The Morgan fingerprint density at radius 2 is 2.06 bits per heavy atom. The molecule has 3 saturated heterocycles. The number of carbonyl (C=O) groups is 2. The summed E-state index contributed by atoms with van der Waals surface area (Å²) in [4.78, 5) is 32.1. The lowest BCUT2D eigenvalue weighted by Gasteiger charge is -2.38. The van der Waals surface area contributed by atoms with Crippen molar-refractivity contribution in [1.29, 1.82) is 10.5 Å². The van der Waals surface area contributed by atoms with E-state index >= 15 is 0 Å². The molecule has 3 aliphatic heterocycles. The topological polar surface area (TPSA) is 117 Å². The van der Waals surface area contributed by atoms with Gasteiger partial charge in [0.15, 0.2) is 0 Å². The van der Waals surface area contributed by atoms with E-state index in [0.29, 0.717) is 18.0 Å². The second kappa shape index (κ2) is 7.03. The first-order chi connectivity index (χ1) is 15.5. The van der Waals surface area contributed by atoms with Crippen molar-refractivity contribution >= 4 is 11.8 Å². The van der Waals surface area contributed by atoms with Crippen LogP contribution in [0.4, 0.5) is 0 Å². The number of piperazine rings is 1. The van der Waals surface area contributed by atoms with Crippen molar-refractivity contribution in [2.24, 2.45) is 11.7 Å². The second-order valence-electron chi connectivity index (χ2n) is 9.98. The lowest BCUT2D eigenvalue weighted by Crippen LogP contribution is -2.57. The molecule has 2 amide bonds. The van der Waals surface area contributed by atoms with Gasteiger partial charge in [0.25, 0.3) is 0 Å². The van der Waals surface area contributed by atoms with Crippen molar-refractivity contribution < 1.29 is 9.59 Å². The molecule has 8 heteroatoms. The smallest absolute Gasteiger partial charge is 0.242 e. The molecule has 6 rings (SSSR count). The Bertz CT molecular complexity index is 1090. The fourth-order valence-corrected chi connectivity index (χ4v) is 6.66. The van der Waals surface area contributed by atoms with Gasteiger partial charge in [0.2, 0.25) is 11.8 Å². The van der Waals surface area contributed by atoms with Crippen LogP contribution in [0.5, 0.6) is 0 Å². The number of nitrogens with zero attached hydrogens (tertiary/aromatic N) is 5. The van der Waals surface area contributed by atoms with Crippen molar-refractivity contribution in [1.82, 2.24) is 14.7 Å². The van der Waals surface area contributed by atoms with Gasteiger partial charge in [-0.1, -0.05) is 6.07 Å². The van der Waals surface area contributed by atoms with Gasteiger partial charge in [0.1, 0.15) is 6.04 Å². The van der Waals surface area contributed by atoms with Crippen LogP contribution in [0.15, 0.2) is 18.2 Å². The van der Waals surface area contributed by atoms with Crippen LogP contribution >= 0.6 is 0 Å². The fraction of sp³-hybridized carbons (Fsp3) is 0.583. The average Bonchev–Trinajstić information content (AvgIpc) is 3.14. The molecule has 8 nitrogen and oxygen atoms in total. The molecular weight excluding hydrogens is 404 g/mol. The summed E-state index contributed by atoms with van der Waals surface area (Å²) in [6.45, 7) is 1.09. The van der Waals surface area contributed by atoms with Crippen LogP contribution in [0.25, 0.3) is 0 Å². The highest BCUT2D eigenvalue weighted by atomic mass is 16.2. The number of nitrogens with two attached hydrogens (primary N) is 1. The normalized spacial score (nSPS) is 35.4. The number of amides is 2. The molecular formula is C24H26N6O2. The highest BCUT2D eigenvalue weighted by molar-refractivity contribution is 5.87. The summed E-state index contributed by atoms with van der Waals surface area (Å²) in [6.07, 6.45) is 4.30. The molecule has 7 atom stereocenters. The molecule has 32 heavy (non-hydrogen) atoms. The molecule has 2 aliphatic carbocycles. The van der Waals surface area contributed by atoms with Gasteiger partial charge in [0.05, 0.1) is 35.8 Å². The summed E-state index contributed by atoms with van der Waals surface area (Å²) >= 11 is 0. The third-order valence-electron chi connectivity index (χ3n) is 8.22. The minimum absolute atomic E-state index is 0.0745. The zero-order valence-corrected chi connectivity index (χ0v) is 17.9. The average molecular weight is 431 g/mol. The summed E-state index contributed by atoms with van der Waals surface area (Å²) in [5.41, 5.74) is 9.31. The predicted molar refractivity (Wildman–Crippen MR) is 114 cm³/mol. The number of aryl methyl sites for hydroxylation is 1. The summed E-state index contributed by atoms with van der Waals surface area (Å²) in [5.74, 6) is 0.445. The van der Waals surface area contributed by atoms with E-state index in [-0.39, 0.29) is 42.0 Å². The standard InChI is InChI=1S/C24H26N6O2/c25-9-13-1-3-18-14(5-13)2-4-20(18)30-17-8-22(24(30)32)28(11-17)12-19(27)23(31)29-16(10-26)6-15-7-21(15)29/h1,3,5,15-17,19-22H,2,4,6-8,11-12,27H2/t15-,16?,17+,19?,20?,21+,22+/m1/s1. The molecule has 1 aromatic rings. The van der Waals surface area contributed by atoms with Crippen LogP contribution < -0.4 is 5.73 Å². The first kappa shape index (κ1) is 19.7. The molecule has 1 aromatic carbocycles. The highest BCUT2D eigenvalue weighted by Gasteiger charge is 2.56. The van der Waals surface area contributed by atoms with Gasteiger partial charge in [-0.05, 0) is 61.3 Å². The summed E-state index contributed by atoms with van der Waals surface area (Å²) < 4.78 is 0. The molecule has 3 heterocycles.